The lowest BCUT2D eigenvalue weighted by atomic mass is 10.2. The molecule has 6 heteroatoms. The number of anilines is 2. The van der Waals surface area contributed by atoms with Crippen molar-refractivity contribution < 1.29 is 4.74 Å². The van der Waals surface area contributed by atoms with Crippen LogP contribution in [0.25, 0.3) is 10.9 Å². The van der Waals surface area contributed by atoms with Crippen molar-refractivity contribution in [2.24, 2.45) is 0 Å². The van der Waals surface area contributed by atoms with Crippen LogP contribution in [0, 0.1) is 0 Å². The van der Waals surface area contributed by atoms with Crippen LogP contribution in [0.4, 0.5) is 11.8 Å². The zero-order valence-electron chi connectivity index (χ0n) is 15.6. The molecule has 1 N–H and O–H groups in total. The molecule has 0 unspecified atom stereocenters. The van der Waals surface area contributed by atoms with Gasteiger partial charge in [-0.05, 0) is 45.1 Å². The van der Waals surface area contributed by atoms with Gasteiger partial charge in [0.25, 0.3) is 0 Å². The molecule has 1 aliphatic rings. The molecule has 25 heavy (non-hydrogen) atoms. The van der Waals surface area contributed by atoms with Gasteiger partial charge >= 0.3 is 0 Å². The van der Waals surface area contributed by atoms with Crippen LogP contribution in [0.3, 0.4) is 0 Å². The molecular formula is C19H29N5O. The molecule has 2 aromatic rings. The predicted octanol–water partition coefficient (Wildman–Crippen LogP) is 2.99. The lowest BCUT2D eigenvalue weighted by Gasteiger charge is -2.24. The molecule has 1 saturated heterocycles. The minimum Gasteiger partial charge on any atom is -0.497 e. The van der Waals surface area contributed by atoms with Gasteiger partial charge in [0.15, 0.2) is 0 Å². The lowest BCUT2D eigenvalue weighted by molar-refractivity contribution is 0.415. The minimum absolute atomic E-state index is 0.707. The number of likely N-dealkylation sites (N-methyl/N-ethyl adjacent to an activating group) is 1. The largest absolute Gasteiger partial charge is 0.497 e. The summed E-state index contributed by atoms with van der Waals surface area (Å²) in [7, 11) is 5.83. The van der Waals surface area contributed by atoms with Crippen LogP contribution in [0.2, 0.25) is 0 Å². The number of ether oxygens (including phenoxy) is 1. The first-order valence-corrected chi connectivity index (χ1v) is 9.17. The topological polar surface area (TPSA) is 53.5 Å². The number of aromatic nitrogens is 2. The standard InChI is InChI=1S/C19H29N5O/c1-23(2)13-10-20-19-21-17-9-8-15(25-3)14-16(17)18(22-19)24-11-6-4-5-7-12-24/h8-9,14H,4-7,10-13H2,1-3H3,(H,20,21,22). The van der Waals surface area contributed by atoms with Crippen LogP contribution in [0.1, 0.15) is 25.7 Å². The van der Waals surface area contributed by atoms with E-state index in [0.717, 1.165) is 48.6 Å². The Morgan fingerprint density at radius 1 is 1.12 bits per heavy atom. The van der Waals surface area contributed by atoms with Gasteiger partial charge in [0, 0.05) is 31.6 Å². The van der Waals surface area contributed by atoms with Crippen LogP contribution in [-0.4, -0.2) is 62.3 Å². The lowest BCUT2D eigenvalue weighted by Crippen LogP contribution is -2.26. The van der Waals surface area contributed by atoms with Gasteiger partial charge in [-0.2, -0.15) is 4.98 Å². The van der Waals surface area contributed by atoms with Crippen LogP contribution >= 0.6 is 0 Å². The minimum atomic E-state index is 0.707. The van der Waals surface area contributed by atoms with E-state index >= 15 is 0 Å². The molecular weight excluding hydrogens is 314 g/mol. The number of fused-ring (bicyclic) bond motifs is 1. The summed E-state index contributed by atoms with van der Waals surface area (Å²) in [5.41, 5.74) is 0.961. The van der Waals surface area contributed by atoms with E-state index < -0.39 is 0 Å². The Balaban J connectivity index is 1.96. The first-order valence-electron chi connectivity index (χ1n) is 9.17. The second-order valence-corrected chi connectivity index (χ2v) is 6.89. The van der Waals surface area contributed by atoms with E-state index in [2.05, 4.69) is 35.3 Å². The Kier molecular flexibility index (Phi) is 5.91. The third-order valence-corrected chi connectivity index (χ3v) is 4.63. The first-order chi connectivity index (χ1) is 12.2. The number of hydrogen-bond acceptors (Lipinski definition) is 6. The molecule has 0 amide bonds. The Morgan fingerprint density at radius 3 is 2.56 bits per heavy atom. The number of hydrogen-bond donors (Lipinski definition) is 1. The van der Waals surface area contributed by atoms with E-state index in [9.17, 15) is 0 Å². The fourth-order valence-corrected chi connectivity index (χ4v) is 3.21. The van der Waals surface area contributed by atoms with Crippen LogP contribution < -0.4 is 15.0 Å². The molecule has 0 bridgehead atoms. The third kappa shape index (κ3) is 4.51. The Labute approximate surface area is 150 Å². The maximum absolute atomic E-state index is 5.42. The van der Waals surface area contributed by atoms with E-state index in [1.807, 2.05) is 12.1 Å². The smallest absolute Gasteiger partial charge is 0.225 e. The van der Waals surface area contributed by atoms with Crippen LogP contribution in [0.5, 0.6) is 5.75 Å². The number of nitrogens with zero attached hydrogens (tertiary/aromatic N) is 4. The molecule has 136 valence electrons. The highest BCUT2D eigenvalue weighted by molar-refractivity contribution is 5.91. The molecule has 0 aliphatic carbocycles. The monoisotopic (exact) mass is 343 g/mol. The van der Waals surface area contributed by atoms with Crippen molar-refractivity contribution in [3.8, 4) is 5.75 Å². The van der Waals surface area contributed by atoms with Crippen molar-refractivity contribution in [3.63, 3.8) is 0 Å². The molecule has 0 atom stereocenters. The van der Waals surface area contributed by atoms with Crippen molar-refractivity contribution >= 4 is 22.7 Å². The summed E-state index contributed by atoms with van der Waals surface area (Å²) in [5, 5.41) is 4.44. The maximum Gasteiger partial charge on any atom is 0.225 e. The molecule has 3 rings (SSSR count). The quantitative estimate of drug-likeness (QED) is 0.870. The van der Waals surface area contributed by atoms with Gasteiger partial charge < -0.3 is 19.9 Å². The van der Waals surface area contributed by atoms with E-state index in [4.69, 9.17) is 14.7 Å². The summed E-state index contributed by atoms with van der Waals surface area (Å²) in [6, 6.07) is 6.04. The van der Waals surface area contributed by atoms with Crippen LogP contribution in [0.15, 0.2) is 18.2 Å². The predicted molar refractivity (Wildman–Crippen MR) is 104 cm³/mol. The van der Waals surface area contributed by atoms with Gasteiger partial charge in [0.2, 0.25) is 5.95 Å². The van der Waals surface area contributed by atoms with Gasteiger partial charge in [0.05, 0.1) is 12.6 Å². The fourth-order valence-electron chi connectivity index (χ4n) is 3.21. The normalized spacial score (nSPS) is 15.4. The third-order valence-electron chi connectivity index (χ3n) is 4.63. The molecule has 1 aromatic carbocycles. The van der Waals surface area contributed by atoms with Crippen molar-refractivity contribution in [2.45, 2.75) is 25.7 Å². The maximum atomic E-state index is 5.42. The average molecular weight is 343 g/mol. The van der Waals surface area contributed by atoms with E-state index in [-0.39, 0.29) is 0 Å². The highest BCUT2D eigenvalue weighted by atomic mass is 16.5. The average Bonchev–Trinajstić information content (AvgIpc) is 2.89. The number of rotatable bonds is 6. The van der Waals surface area contributed by atoms with Gasteiger partial charge in [0.1, 0.15) is 11.6 Å². The van der Waals surface area contributed by atoms with E-state index in [0.29, 0.717) is 5.95 Å². The highest BCUT2D eigenvalue weighted by Gasteiger charge is 2.17. The van der Waals surface area contributed by atoms with E-state index in [1.165, 1.54) is 25.7 Å². The molecule has 0 saturated carbocycles. The summed E-state index contributed by atoms with van der Waals surface area (Å²) in [6.07, 6.45) is 5.05. The number of methoxy groups -OCH3 is 1. The van der Waals surface area contributed by atoms with Crippen molar-refractivity contribution in [3.05, 3.63) is 18.2 Å². The zero-order valence-corrected chi connectivity index (χ0v) is 15.6. The highest BCUT2D eigenvalue weighted by Crippen LogP contribution is 2.30. The summed E-state index contributed by atoms with van der Waals surface area (Å²) in [4.78, 5) is 14.1. The second-order valence-electron chi connectivity index (χ2n) is 6.89. The summed E-state index contributed by atoms with van der Waals surface area (Å²) >= 11 is 0. The van der Waals surface area contributed by atoms with Crippen molar-refractivity contribution in [2.75, 3.05) is 57.6 Å². The molecule has 0 radical (unpaired) electrons. The van der Waals surface area contributed by atoms with Gasteiger partial charge in [-0.3, -0.25) is 0 Å². The van der Waals surface area contributed by atoms with Gasteiger partial charge in [-0.15, -0.1) is 0 Å². The number of nitrogens with one attached hydrogen (secondary N) is 1. The van der Waals surface area contributed by atoms with Crippen molar-refractivity contribution in [1.82, 2.24) is 14.9 Å². The molecule has 1 fully saturated rings. The summed E-state index contributed by atoms with van der Waals surface area (Å²) < 4.78 is 5.42. The van der Waals surface area contributed by atoms with Gasteiger partial charge in [-0.1, -0.05) is 12.8 Å². The second kappa shape index (κ2) is 8.34. The Morgan fingerprint density at radius 2 is 1.88 bits per heavy atom. The number of benzene rings is 1. The summed E-state index contributed by atoms with van der Waals surface area (Å²) in [6.45, 7) is 3.89. The molecule has 1 aliphatic heterocycles. The Hall–Kier alpha value is -2.08. The molecule has 1 aromatic heterocycles. The van der Waals surface area contributed by atoms with Gasteiger partial charge in [-0.25, -0.2) is 4.98 Å². The van der Waals surface area contributed by atoms with Crippen molar-refractivity contribution in [1.29, 1.82) is 0 Å². The molecule has 6 nitrogen and oxygen atoms in total. The molecule has 0 spiro atoms. The SMILES string of the molecule is COc1ccc2nc(NCCN(C)C)nc(N3CCCCCC3)c2c1. The first kappa shape index (κ1) is 17.7. The molecule has 2 heterocycles. The van der Waals surface area contributed by atoms with Crippen LogP contribution in [-0.2, 0) is 0 Å². The fraction of sp³-hybridized carbons (Fsp3) is 0.579. The summed E-state index contributed by atoms with van der Waals surface area (Å²) in [5.74, 6) is 2.58. The van der Waals surface area contributed by atoms with E-state index in [1.54, 1.807) is 7.11 Å². The Bertz CT molecular complexity index is 696. The zero-order chi connectivity index (χ0) is 17.6.